The van der Waals surface area contributed by atoms with Gasteiger partial charge in [0.25, 0.3) is 0 Å². The van der Waals surface area contributed by atoms with Gasteiger partial charge in [0, 0.05) is 10.2 Å². The zero-order valence-corrected chi connectivity index (χ0v) is 13.9. The number of nitriles is 1. The first-order valence-electron chi connectivity index (χ1n) is 7.27. The van der Waals surface area contributed by atoms with E-state index in [1.54, 1.807) is 18.2 Å². The molecule has 0 aliphatic heterocycles. The van der Waals surface area contributed by atoms with Crippen LogP contribution in [-0.4, -0.2) is 5.91 Å². The van der Waals surface area contributed by atoms with Crippen LogP contribution in [0.3, 0.4) is 0 Å². The molecule has 2 aromatic carbocycles. The topological polar surface area (TPSA) is 52.9 Å². The third-order valence-corrected chi connectivity index (χ3v) is 4.55. The Kier molecular flexibility index (Phi) is 4.18. The fraction of sp³-hybridized carbons (Fsp3) is 0.222. The highest BCUT2D eigenvalue weighted by Gasteiger charge is 2.51. The fourth-order valence-electron chi connectivity index (χ4n) is 2.65. The highest BCUT2D eigenvalue weighted by molar-refractivity contribution is 9.10. The van der Waals surface area contributed by atoms with E-state index >= 15 is 0 Å². The molecule has 0 heterocycles. The number of nitrogens with zero attached hydrogens (tertiary/aromatic N) is 1. The molecule has 116 valence electrons. The molecular weight excluding hydrogens is 359 g/mol. The van der Waals surface area contributed by atoms with E-state index in [-0.39, 0.29) is 11.7 Å². The van der Waals surface area contributed by atoms with Crippen LogP contribution in [0.2, 0.25) is 0 Å². The molecule has 3 rings (SSSR count). The predicted molar refractivity (Wildman–Crippen MR) is 89.4 cm³/mol. The lowest BCUT2D eigenvalue weighted by atomic mass is 9.94. The molecule has 5 heteroatoms. The first kappa shape index (κ1) is 15.7. The number of hydrogen-bond acceptors (Lipinski definition) is 2. The summed E-state index contributed by atoms with van der Waals surface area (Å²) >= 11 is 3.27. The summed E-state index contributed by atoms with van der Waals surface area (Å²) in [5.74, 6) is -0.475. The first-order chi connectivity index (χ1) is 11.0. The van der Waals surface area contributed by atoms with Crippen LogP contribution in [0, 0.1) is 17.1 Å². The molecule has 0 spiro atoms. The number of carbonyl (C=O) groups is 1. The third-order valence-electron chi connectivity index (χ3n) is 4.09. The molecule has 2 aromatic rings. The third kappa shape index (κ3) is 3.27. The van der Waals surface area contributed by atoms with Crippen LogP contribution in [0.1, 0.15) is 24.0 Å². The molecule has 1 fully saturated rings. The molecule has 23 heavy (non-hydrogen) atoms. The van der Waals surface area contributed by atoms with Gasteiger partial charge in [-0.15, -0.1) is 0 Å². The maximum absolute atomic E-state index is 13.6. The molecule has 0 radical (unpaired) electrons. The van der Waals surface area contributed by atoms with Gasteiger partial charge in [0.05, 0.1) is 17.9 Å². The summed E-state index contributed by atoms with van der Waals surface area (Å²) in [4.78, 5) is 12.6. The van der Waals surface area contributed by atoms with Crippen LogP contribution in [0.15, 0.2) is 46.9 Å². The first-order valence-corrected chi connectivity index (χ1v) is 8.07. The standard InChI is InChI=1S/C18H14BrFN2O/c19-14-9-13(10-15(20)11-14)18(6-7-18)17(23)22-16-3-1-12(2-4-16)5-8-21/h1-4,9-11H,5-7H2,(H,22,23). The summed E-state index contributed by atoms with van der Waals surface area (Å²) < 4.78 is 14.2. The summed E-state index contributed by atoms with van der Waals surface area (Å²) in [5, 5.41) is 11.6. The number of anilines is 1. The van der Waals surface area contributed by atoms with E-state index in [0.29, 0.717) is 35.0 Å². The summed E-state index contributed by atoms with van der Waals surface area (Å²) in [6.45, 7) is 0. The molecular formula is C18H14BrFN2O. The minimum atomic E-state index is -0.643. The molecule has 0 atom stereocenters. The molecule has 1 amide bonds. The summed E-state index contributed by atoms with van der Waals surface area (Å²) in [5.41, 5.74) is 1.64. The lowest BCUT2D eigenvalue weighted by Crippen LogP contribution is -2.28. The van der Waals surface area contributed by atoms with Crippen LogP contribution < -0.4 is 5.32 Å². The highest BCUT2D eigenvalue weighted by Crippen LogP contribution is 2.49. The number of halogens is 2. The van der Waals surface area contributed by atoms with Crippen LogP contribution >= 0.6 is 15.9 Å². The number of nitrogens with one attached hydrogen (secondary N) is 1. The molecule has 1 aliphatic rings. The highest BCUT2D eigenvalue weighted by atomic mass is 79.9. The second kappa shape index (κ2) is 6.13. The fourth-order valence-corrected chi connectivity index (χ4v) is 3.12. The van der Waals surface area contributed by atoms with E-state index in [2.05, 4.69) is 27.3 Å². The van der Waals surface area contributed by atoms with Crippen molar-refractivity contribution in [1.29, 1.82) is 5.26 Å². The summed E-state index contributed by atoms with van der Waals surface area (Å²) in [7, 11) is 0. The lowest BCUT2D eigenvalue weighted by molar-refractivity contribution is -0.118. The molecule has 0 aromatic heterocycles. The van der Waals surface area contributed by atoms with Gasteiger partial charge in [-0.05, 0) is 54.3 Å². The van der Waals surface area contributed by atoms with Crippen LogP contribution in [0.25, 0.3) is 0 Å². The monoisotopic (exact) mass is 372 g/mol. The molecule has 1 N–H and O–H groups in total. The second-order valence-corrected chi connectivity index (χ2v) is 6.64. The van der Waals surface area contributed by atoms with Crippen molar-refractivity contribution < 1.29 is 9.18 Å². The van der Waals surface area contributed by atoms with Gasteiger partial charge in [0.15, 0.2) is 0 Å². The predicted octanol–water partition coefficient (Wildman–Crippen LogP) is 4.32. The molecule has 1 saturated carbocycles. The van der Waals surface area contributed by atoms with Crippen molar-refractivity contribution >= 4 is 27.5 Å². The number of hydrogen-bond donors (Lipinski definition) is 1. The zero-order chi connectivity index (χ0) is 16.4. The van der Waals surface area contributed by atoms with Gasteiger partial charge in [0.1, 0.15) is 5.82 Å². The quantitative estimate of drug-likeness (QED) is 0.868. The van der Waals surface area contributed by atoms with E-state index in [1.165, 1.54) is 12.1 Å². The Labute approximate surface area is 142 Å². The average Bonchev–Trinajstić information content (AvgIpc) is 3.30. The number of benzene rings is 2. The van der Waals surface area contributed by atoms with Crippen LogP contribution in [0.5, 0.6) is 0 Å². The lowest BCUT2D eigenvalue weighted by Gasteiger charge is -2.16. The summed E-state index contributed by atoms with van der Waals surface area (Å²) in [6.07, 6.45) is 1.76. The van der Waals surface area contributed by atoms with E-state index in [9.17, 15) is 9.18 Å². The van der Waals surface area contributed by atoms with E-state index in [0.717, 1.165) is 5.56 Å². The van der Waals surface area contributed by atoms with Crippen LogP contribution in [0.4, 0.5) is 10.1 Å². The zero-order valence-electron chi connectivity index (χ0n) is 12.3. The smallest absolute Gasteiger partial charge is 0.235 e. The molecule has 0 bridgehead atoms. The van der Waals surface area contributed by atoms with Gasteiger partial charge in [-0.1, -0.05) is 28.1 Å². The Hall–Kier alpha value is -2.19. The molecule has 0 unspecified atom stereocenters. The largest absolute Gasteiger partial charge is 0.325 e. The second-order valence-electron chi connectivity index (χ2n) is 5.73. The molecule has 3 nitrogen and oxygen atoms in total. The average molecular weight is 373 g/mol. The Balaban J connectivity index is 1.78. The van der Waals surface area contributed by atoms with Gasteiger partial charge >= 0.3 is 0 Å². The van der Waals surface area contributed by atoms with E-state index < -0.39 is 5.41 Å². The van der Waals surface area contributed by atoms with E-state index in [4.69, 9.17) is 5.26 Å². The minimum absolute atomic E-state index is 0.122. The molecule has 1 aliphatic carbocycles. The Bertz CT molecular complexity index is 771. The van der Waals surface area contributed by atoms with Crippen molar-refractivity contribution in [3.8, 4) is 6.07 Å². The van der Waals surface area contributed by atoms with E-state index in [1.807, 2.05) is 12.1 Å². The maximum atomic E-state index is 13.6. The van der Waals surface area contributed by atoms with Gasteiger partial charge in [-0.2, -0.15) is 5.26 Å². The Morgan fingerprint density at radius 3 is 2.52 bits per heavy atom. The minimum Gasteiger partial charge on any atom is -0.325 e. The van der Waals surface area contributed by atoms with Gasteiger partial charge in [-0.25, -0.2) is 4.39 Å². The van der Waals surface area contributed by atoms with Crippen molar-refractivity contribution in [2.24, 2.45) is 0 Å². The van der Waals surface area contributed by atoms with Crippen LogP contribution in [-0.2, 0) is 16.6 Å². The van der Waals surface area contributed by atoms with Crippen molar-refractivity contribution in [1.82, 2.24) is 0 Å². The van der Waals surface area contributed by atoms with Crippen molar-refractivity contribution in [2.45, 2.75) is 24.7 Å². The number of rotatable bonds is 4. The summed E-state index contributed by atoms with van der Waals surface area (Å²) in [6, 6.07) is 13.9. The number of carbonyl (C=O) groups excluding carboxylic acids is 1. The van der Waals surface area contributed by atoms with Gasteiger partial charge < -0.3 is 5.32 Å². The Morgan fingerprint density at radius 1 is 1.26 bits per heavy atom. The Morgan fingerprint density at radius 2 is 1.96 bits per heavy atom. The van der Waals surface area contributed by atoms with Crippen molar-refractivity contribution in [3.05, 3.63) is 63.9 Å². The van der Waals surface area contributed by atoms with Crippen molar-refractivity contribution in [2.75, 3.05) is 5.32 Å². The van der Waals surface area contributed by atoms with Gasteiger partial charge in [0.2, 0.25) is 5.91 Å². The maximum Gasteiger partial charge on any atom is 0.235 e. The normalized spacial score (nSPS) is 14.8. The number of amides is 1. The van der Waals surface area contributed by atoms with Gasteiger partial charge in [-0.3, -0.25) is 4.79 Å². The van der Waals surface area contributed by atoms with Crippen molar-refractivity contribution in [3.63, 3.8) is 0 Å². The molecule has 0 saturated heterocycles. The SMILES string of the molecule is N#CCc1ccc(NC(=O)C2(c3cc(F)cc(Br)c3)CC2)cc1.